The van der Waals surface area contributed by atoms with Crippen molar-refractivity contribution in [1.29, 1.82) is 0 Å². The molecule has 5 heteroatoms. The monoisotopic (exact) mass is 263 g/mol. The molecule has 1 aromatic carbocycles. The largest absolute Gasteiger partial charge is 0.363 e. The summed E-state index contributed by atoms with van der Waals surface area (Å²) in [5.41, 5.74) is 1.24. The maximum absolute atomic E-state index is 11.6. The van der Waals surface area contributed by atoms with Gasteiger partial charge in [-0.2, -0.15) is 0 Å². The highest BCUT2D eigenvalue weighted by molar-refractivity contribution is 8.14. The van der Waals surface area contributed by atoms with E-state index < -0.39 is 0 Å². The molecule has 0 radical (unpaired) electrons. The van der Waals surface area contributed by atoms with Crippen molar-refractivity contribution in [2.24, 2.45) is 4.99 Å². The molecular weight excluding hydrogens is 246 g/mol. The maximum Gasteiger partial charge on any atom is 0.230 e. The van der Waals surface area contributed by atoms with Crippen molar-refractivity contribution >= 4 is 22.8 Å². The summed E-state index contributed by atoms with van der Waals surface area (Å²) in [4.78, 5) is 15.8. The van der Waals surface area contributed by atoms with Gasteiger partial charge in [0.05, 0.1) is 12.3 Å². The first-order valence-corrected chi connectivity index (χ1v) is 7.05. The Morgan fingerprint density at radius 1 is 1.39 bits per heavy atom. The molecule has 0 bridgehead atoms. The van der Waals surface area contributed by atoms with Crippen LogP contribution >= 0.6 is 11.8 Å². The highest BCUT2D eigenvalue weighted by Gasteiger charge is 2.08. The third kappa shape index (κ3) is 4.41. The molecule has 0 aliphatic carbocycles. The molecule has 0 aromatic heterocycles. The fraction of sp³-hybridized carbons (Fsp3) is 0.385. The minimum atomic E-state index is 0.0623. The summed E-state index contributed by atoms with van der Waals surface area (Å²) in [6.45, 7) is 2.39. The lowest BCUT2D eigenvalue weighted by Gasteiger charge is -2.05. The van der Waals surface area contributed by atoms with E-state index in [1.54, 1.807) is 0 Å². The van der Waals surface area contributed by atoms with Crippen molar-refractivity contribution < 1.29 is 4.79 Å². The van der Waals surface area contributed by atoms with E-state index in [0.717, 1.165) is 24.7 Å². The van der Waals surface area contributed by atoms with Crippen molar-refractivity contribution in [2.75, 3.05) is 25.4 Å². The second kappa shape index (κ2) is 7.06. The SMILES string of the molecule is O=C(CSC1=NCCN1)NCCc1ccccc1. The first-order chi connectivity index (χ1) is 8.84. The van der Waals surface area contributed by atoms with E-state index in [4.69, 9.17) is 0 Å². The predicted molar refractivity (Wildman–Crippen MR) is 75.9 cm³/mol. The van der Waals surface area contributed by atoms with Crippen molar-refractivity contribution in [1.82, 2.24) is 10.6 Å². The van der Waals surface area contributed by atoms with E-state index in [2.05, 4.69) is 27.8 Å². The van der Waals surface area contributed by atoms with Crippen LogP contribution in [-0.2, 0) is 11.2 Å². The summed E-state index contributed by atoms with van der Waals surface area (Å²) in [5, 5.41) is 6.92. The molecule has 18 heavy (non-hydrogen) atoms. The molecule has 0 saturated heterocycles. The van der Waals surface area contributed by atoms with E-state index in [9.17, 15) is 4.79 Å². The lowest BCUT2D eigenvalue weighted by atomic mass is 10.1. The van der Waals surface area contributed by atoms with Gasteiger partial charge in [0.25, 0.3) is 0 Å². The Balaban J connectivity index is 1.60. The molecule has 0 spiro atoms. The molecule has 1 aliphatic rings. The number of rotatable bonds is 5. The molecule has 0 atom stereocenters. The van der Waals surface area contributed by atoms with Gasteiger partial charge in [0.15, 0.2) is 5.17 Å². The van der Waals surface area contributed by atoms with Gasteiger partial charge in [-0.3, -0.25) is 9.79 Å². The van der Waals surface area contributed by atoms with Crippen molar-refractivity contribution in [3.8, 4) is 0 Å². The molecule has 2 rings (SSSR count). The zero-order valence-corrected chi connectivity index (χ0v) is 11.0. The quantitative estimate of drug-likeness (QED) is 0.834. The number of benzene rings is 1. The number of nitrogens with zero attached hydrogens (tertiary/aromatic N) is 1. The standard InChI is InChI=1S/C13H17N3OS/c17-12(10-18-13-15-8-9-16-13)14-7-6-11-4-2-1-3-5-11/h1-5H,6-10H2,(H,14,17)(H,15,16). The number of thioether (sulfide) groups is 1. The number of hydrogen-bond acceptors (Lipinski definition) is 4. The van der Waals surface area contributed by atoms with E-state index in [1.165, 1.54) is 17.3 Å². The Bertz CT molecular complexity index is 420. The average Bonchev–Trinajstić information content (AvgIpc) is 2.91. The van der Waals surface area contributed by atoms with Crippen LogP contribution in [0.5, 0.6) is 0 Å². The topological polar surface area (TPSA) is 53.5 Å². The number of amidine groups is 1. The fourth-order valence-electron chi connectivity index (χ4n) is 1.65. The summed E-state index contributed by atoms with van der Waals surface area (Å²) in [5.74, 6) is 0.494. The molecular formula is C13H17N3OS. The average molecular weight is 263 g/mol. The smallest absolute Gasteiger partial charge is 0.230 e. The van der Waals surface area contributed by atoms with E-state index in [1.807, 2.05) is 18.2 Å². The Hall–Kier alpha value is -1.49. The molecule has 2 N–H and O–H groups in total. The number of hydrogen-bond donors (Lipinski definition) is 2. The van der Waals surface area contributed by atoms with Crippen molar-refractivity contribution in [3.05, 3.63) is 35.9 Å². The van der Waals surface area contributed by atoms with Gasteiger partial charge in [-0.05, 0) is 12.0 Å². The molecule has 0 saturated carbocycles. The van der Waals surface area contributed by atoms with Gasteiger partial charge in [-0.1, -0.05) is 42.1 Å². The molecule has 1 aliphatic heterocycles. The predicted octanol–water partition coefficient (Wildman–Crippen LogP) is 1.04. The minimum absolute atomic E-state index is 0.0623. The second-order valence-electron chi connectivity index (χ2n) is 3.99. The molecule has 1 heterocycles. The fourth-order valence-corrected chi connectivity index (χ4v) is 2.41. The van der Waals surface area contributed by atoms with E-state index in [-0.39, 0.29) is 5.91 Å². The molecule has 1 amide bonds. The molecule has 96 valence electrons. The minimum Gasteiger partial charge on any atom is -0.363 e. The Labute approximate surface area is 111 Å². The van der Waals surface area contributed by atoms with Crippen LogP contribution in [0, 0.1) is 0 Å². The highest BCUT2D eigenvalue weighted by atomic mass is 32.2. The Kier molecular flexibility index (Phi) is 5.08. The van der Waals surface area contributed by atoms with Crippen LogP contribution in [-0.4, -0.2) is 36.5 Å². The van der Waals surface area contributed by atoms with Gasteiger partial charge >= 0.3 is 0 Å². The third-order valence-corrected chi connectivity index (χ3v) is 3.52. The van der Waals surface area contributed by atoms with Gasteiger partial charge in [-0.15, -0.1) is 0 Å². The van der Waals surface area contributed by atoms with Gasteiger partial charge in [-0.25, -0.2) is 0 Å². The van der Waals surface area contributed by atoms with Gasteiger partial charge in [0.1, 0.15) is 0 Å². The zero-order valence-electron chi connectivity index (χ0n) is 10.2. The summed E-state index contributed by atoms with van der Waals surface area (Å²) < 4.78 is 0. The first-order valence-electron chi connectivity index (χ1n) is 6.06. The van der Waals surface area contributed by atoms with Crippen LogP contribution in [0.1, 0.15) is 5.56 Å². The lowest BCUT2D eigenvalue weighted by Crippen LogP contribution is -2.28. The molecule has 0 fully saturated rings. The molecule has 1 aromatic rings. The van der Waals surface area contributed by atoms with E-state index >= 15 is 0 Å². The highest BCUT2D eigenvalue weighted by Crippen LogP contribution is 2.04. The molecule has 4 nitrogen and oxygen atoms in total. The van der Waals surface area contributed by atoms with Crippen LogP contribution in [0.25, 0.3) is 0 Å². The third-order valence-electron chi connectivity index (χ3n) is 2.56. The van der Waals surface area contributed by atoms with Crippen LogP contribution < -0.4 is 10.6 Å². The summed E-state index contributed by atoms with van der Waals surface area (Å²) in [6, 6.07) is 10.2. The van der Waals surface area contributed by atoms with Crippen LogP contribution in [0.4, 0.5) is 0 Å². The van der Waals surface area contributed by atoms with Crippen molar-refractivity contribution in [2.45, 2.75) is 6.42 Å². The first kappa shape index (κ1) is 13.0. The number of carbonyl (C=O) groups is 1. The van der Waals surface area contributed by atoms with Gasteiger partial charge < -0.3 is 10.6 Å². The number of aliphatic imine (C=N–C) groups is 1. The van der Waals surface area contributed by atoms with Crippen LogP contribution in [0.15, 0.2) is 35.3 Å². The van der Waals surface area contributed by atoms with Gasteiger partial charge in [0.2, 0.25) is 5.91 Å². The normalized spacial score (nSPS) is 13.9. The summed E-state index contributed by atoms with van der Waals surface area (Å²) in [7, 11) is 0. The number of amides is 1. The lowest BCUT2D eigenvalue weighted by molar-refractivity contribution is -0.118. The zero-order chi connectivity index (χ0) is 12.6. The van der Waals surface area contributed by atoms with Crippen LogP contribution in [0.3, 0.4) is 0 Å². The second-order valence-corrected chi connectivity index (χ2v) is 4.95. The summed E-state index contributed by atoms with van der Waals surface area (Å²) in [6.07, 6.45) is 0.871. The van der Waals surface area contributed by atoms with Gasteiger partial charge in [0, 0.05) is 13.1 Å². The maximum atomic E-state index is 11.6. The molecule has 0 unspecified atom stereocenters. The van der Waals surface area contributed by atoms with Crippen molar-refractivity contribution in [3.63, 3.8) is 0 Å². The number of nitrogens with one attached hydrogen (secondary N) is 2. The van der Waals surface area contributed by atoms with Crippen LogP contribution in [0.2, 0.25) is 0 Å². The summed E-state index contributed by atoms with van der Waals surface area (Å²) >= 11 is 1.47. The van der Waals surface area contributed by atoms with E-state index in [0.29, 0.717) is 12.3 Å². The Morgan fingerprint density at radius 2 is 2.22 bits per heavy atom. The number of carbonyl (C=O) groups excluding carboxylic acids is 1. The Morgan fingerprint density at radius 3 is 2.94 bits per heavy atom.